The summed E-state index contributed by atoms with van der Waals surface area (Å²) in [6, 6.07) is 7.91. The Morgan fingerprint density at radius 3 is 2.60 bits per heavy atom. The van der Waals surface area contributed by atoms with Crippen LogP contribution in [0, 0.1) is 0 Å². The van der Waals surface area contributed by atoms with E-state index in [0.29, 0.717) is 23.5 Å². The van der Waals surface area contributed by atoms with Crippen LogP contribution in [0.25, 0.3) is 11.0 Å². The first-order valence-corrected chi connectivity index (χ1v) is 8.24. The summed E-state index contributed by atoms with van der Waals surface area (Å²) in [6.45, 7) is 6.74. The molecule has 0 aliphatic carbocycles. The number of nitrogens with zero attached hydrogens (tertiary/aromatic N) is 3. The summed E-state index contributed by atoms with van der Waals surface area (Å²) in [5.41, 5.74) is 1.33. The number of nitrogens with one attached hydrogen (secondary N) is 2. The Balaban J connectivity index is 1.76. The van der Waals surface area contributed by atoms with Gasteiger partial charge in [0.15, 0.2) is 5.65 Å². The second-order valence-electron chi connectivity index (χ2n) is 6.90. The molecular weight excluding hydrogens is 318 g/mol. The molecule has 7 heteroatoms. The maximum absolute atomic E-state index is 12.2. The lowest BCUT2D eigenvalue weighted by Gasteiger charge is -2.19. The third kappa shape index (κ3) is 3.65. The normalized spacial score (nSPS) is 11.7. The molecule has 2 heterocycles. The molecule has 0 atom stereocenters. The van der Waals surface area contributed by atoms with Crippen molar-refractivity contribution < 1.29 is 4.74 Å². The number of H-pyrrole nitrogens is 1. The molecular formula is C18H23N5O2. The van der Waals surface area contributed by atoms with Crippen LogP contribution in [0.5, 0.6) is 5.75 Å². The predicted molar refractivity (Wildman–Crippen MR) is 98.3 cm³/mol. The Kier molecular flexibility index (Phi) is 4.48. The average molecular weight is 341 g/mol. The number of anilines is 1. The largest absolute Gasteiger partial charge is 0.497 e. The van der Waals surface area contributed by atoms with Crippen LogP contribution in [-0.4, -0.2) is 33.4 Å². The van der Waals surface area contributed by atoms with Crippen LogP contribution in [0.3, 0.4) is 0 Å². The average Bonchev–Trinajstić information content (AvgIpc) is 3.00. The lowest BCUT2D eigenvalue weighted by atomic mass is 10.1. The number of hydrogen-bond donors (Lipinski definition) is 2. The van der Waals surface area contributed by atoms with Gasteiger partial charge in [-0.05, 0) is 44.9 Å². The first-order valence-electron chi connectivity index (χ1n) is 8.24. The van der Waals surface area contributed by atoms with E-state index in [-0.39, 0.29) is 11.1 Å². The number of ether oxygens (including phenoxy) is 1. The number of methoxy groups -OCH3 is 1. The first-order chi connectivity index (χ1) is 11.9. The molecule has 0 spiro atoms. The molecule has 3 rings (SSSR count). The van der Waals surface area contributed by atoms with E-state index in [9.17, 15) is 4.79 Å². The Labute approximate surface area is 146 Å². The van der Waals surface area contributed by atoms with Gasteiger partial charge in [-0.25, -0.2) is 4.68 Å². The SMILES string of the molecule is COc1ccc(CCNc2nc3c(cnn3C(C)(C)C)c(=O)[nH]2)cc1. The zero-order valence-corrected chi connectivity index (χ0v) is 15.0. The van der Waals surface area contributed by atoms with Crippen molar-refractivity contribution in [3.63, 3.8) is 0 Å². The monoisotopic (exact) mass is 341 g/mol. The molecule has 0 aliphatic heterocycles. The molecule has 0 amide bonds. The summed E-state index contributed by atoms with van der Waals surface area (Å²) in [7, 11) is 1.65. The van der Waals surface area contributed by atoms with Crippen LogP contribution >= 0.6 is 0 Å². The van der Waals surface area contributed by atoms with Crippen molar-refractivity contribution in [2.75, 3.05) is 19.0 Å². The summed E-state index contributed by atoms with van der Waals surface area (Å²) in [5.74, 6) is 1.29. The zero-order valence-electron chi connectivity index (χ0n) is 15.0. The van der Waals surface area contributed by atoms with Crippen LogP contribution in [0.1, 0.15) is 26.3 Å². The highest BCUT2D eigenvalue weighted by atomic mass is 16.5. The second-order valence-corrected chi connectivity index (χ2v) is 6.90. The molecule has 0 fully saturated rings. The number of hydrogen-bond acceptors (Lipinski definition) is 5. The minimum atomic E-state index is -0.247. The Morgan fingerprint density at radius 2 is 1.96 bits per heavy atom. The standard InChI is InChI=1S/C18H23N5O2/c1-18(2,3)23-15-14(11-20-23)16(24)22-17(21-15)19-10-9-12-5-7-13(25-4)8-6-12/h5-8,11H,9-10H2,1-4H3,(H2,19,21,22,24). The summed E-state index contributed by atoms with van der Waals surface area (Å²) in [5, 5.41) is 7.99. The molecule has 132 valence electrons. The highest BCUT2D eigenvalue weighted by Crippen LogP contribution is 2.18. The van der Waals surface area contributed by atoms with Gasteiger partial charge in [0.25, 0.3) is 5.56 Å². The highest BCUT2D eigenvalue weighted by Gasteiger charge is 2.19. The predicted octanol–water partition coefficient (Wildman–Crippen LogP) is 2.54. The molecule has 0 aliphatic rings. The summed E-state index contributed by atoms with van der Waals surface area (Å²) in [6.07, 6.45) is 2.37. The van der Waals surface area contributed by atoms with Gasteiger partial charge in [0.2, 0.25) is 5.95 Å². The van der Waals surface area contributed by atoms with Gasteiger partial charge in [0.1, 0.15) is 11.1 Å². The van der Waals surface area contributed by atoms with Crippen molar-refractivity contribution in [2.45, 2.75) is 32.7 Å². The quantitative estimate of drug-likeness (QED) is 0.745. The van der Waals surface area contributed by atoms with Crippen molar-refractivity contribution in [3.8, 4) is 5.75 Å². The van der Waals surface area contributed by atoms with Gasteiger partial charge in [-0.2, -0.15) is 10.1 Å². The zero-order chi connectivity index (χ0) is 18.0. The van der Waals surface area contributed by atoms with Crippen molar-refractivity contribution >= 4 is 17.0 Å². The van der Waals surface area contributed by atoms with Crippen LogP contribution in [-0.2, 0) is 12.0 Å². The van der Waals surface area contributed by atoms with Gasteiger partial charge in [-0.15, -0.1) is 0 Å². The summed E-state index contributed by atoms with van der Waals surface area (Å²) < 4.78 is 6.92. The van der Waals surface area contributed by atoms with E-state index in [1.807, 2.05) is 45.0 Å². The maximum Gasteiger partial charge on any atom is 0.263 e. The molecule has 0 saturated heterocycles. The van der Waals surface area contributed by atoms with Crippen molar-refractivity contribution in [3.05, 3.63) is 46.4 Å². The molecule has 7 nitrogen and oxygen atoms in total. The number of aromatic nitrogens is 4. The van der Waals surface area contributed by atoms with Crippen LogP contribution in [0.4, 0.5) is 5.95 Å². The molecule has 25 heavy (non-hydrogen) atoms. The van der Waals surface area contributed by atoms with Gasteiger partial charge in [0.05, 0.1) is 18.8 Å². The minimum Gasteiger partial charge on any atom is -0.497 e. The van der Waals surface area contributed by atoms with Crippen molar-refractivity contribution in [1.29, 1.82) is 0 Å². The Hall–Kier alpha value is -2.83. The van der Waals surface area contributed by atoms with Crippen LogP contribution < -0.4 is 15.6 Å². The molecule has 0 radical (unpaired) electrons. The number of benzene rings is 1. The summed E-state index contributed by atoms with van der Waals surface area (Å²) >= 11 is 0. The van der Waals surface area contributed by atoms with E-state index in [1.165, 1.54) is 5.56 Å². The molecule has 0 unspecified atom stereocenters. The van der Waals surface area contributed by atoms with E-state index in [1.54, 1.807) is 18.0 Å². The van der Waals surface area contributed by atoms with E-state index >= 15 is 0 Å². The number of rotatable bonds is 5. The number of aromatic amines is 1. The van der Waals surface area contributed by atoms with Gasteiger partial charge in [-0.1, -0.05) is 12.1 Å². The summed E-state index contributed by atoms with van der Waals surface area (Å²) in [4.78, 5) is 19.5. The molecule has 0 bridgehead atoms. The minimum absolute atomic E-state index is 0.188. The first kappa shape index (κ1) is 17.0. The van der Waals surface area contributed by atoms with Crippen LogP contribution in [0.15, 0.2) is 35.3 Å². The van der Waals surface area contributed by atoms with E-state index < -0.39 is 0 Å². The number of fused-ring (bicyclic) bond motifs is 1. The fourth-order valence-corrected chi connectivity index (χ4v) is 2.61. The lowest BCUT2D eigenvalue weighted by molar-refractivity contribution is 0.366. The Bertz CT molecular complexity index is 919. The van der Waals surface area contributed by atoms with Crippen molar-refractivity contribution in [2.24, 2.45) is 0 Å². The molecule has 3 aromatic rings. The van der Waals surface area contributed by atoms with E-state index in [0.717, 1.165) is 12.2 Å². The van der Waals surface area contributed by atoms with Gasteiger partial charge in [0, 0.05) is 6.54 Å². The van der Waals surface area contributed by atoms with Gasteiger partial charge < -0.3 is 10.1 Å². The highest BCUT2D eigenvalue weighted by molar-refractivity contribution is 5.74. The van der Waals surface area contributed by atoms with Crippen LogP contribution in [0.2, 0.25) is 0 Å². The third-order valence-corrected chi connectivity index (χ3v) is 3.94. The Morgan fingerprint density at radius 1 is 1.24 bits per heavy atom. The molecule has 1 aromatic carbocycles. The van der Waals surface area contributed by atoms with E-state index in [2.05, 4.69) is 20.4 Å². The smallest absolute Gasteiger partial charge is 0.263 e. The van der Waals surface area contributed by atoms with Gasteiger partial charge >= 0.3 is 0 Å². The molecule has 2 aromatic heterocycles. The lowest BCUT2D eigenvalue weighted by Crippen LogP contribution is -2.24. The topological polar surface area (TPSA) is 84.8 Å². The fourth-order valence-electron chi connectivity index (χ4n) is 2.61. The fraction of sp³-hybridized carbons (Fsp3) is 0.389. The molecule has 2 N–H and O–H groups in total. The van der Waals surface area contributed by atoms with E-state index in [4.69, 9.17) is 4.74 Å². The third-order valence-electron chi connectivity index (χ3n) is 3.94. The van der Waals surface area contributed by atoms with Gasteiger partial charge in [-0.3, -0.25) is 9.78 Å². The second kappa shape index (κ2) is 6.58. The molecule has 0 saturated carbocycles. The maximum atomic E-state index is 12.2. The van der Waals surface area contributed by atoms with Crippen molar-refractivity contribution in [1.82, 2.24) is 19.7 Å².